The fourth-order valence-corrected chi connectivity index (χ4v) is 2.07. The predicted molar refractivity (Wildman–Crippen MR) is 57.8 cm³/mol. The van der Waals surface area contributed by atoms with Crippen molar-refractivity contribution in [3.05, 3.63) is 28.5 Å². The second kappa shape index (κ2) is 4.37. The van der Waals surface area contributed by atoms with Crippen molar-refractivity contribution in [3.8, 4) is 5.75 Å². The van der Waals surface area contributed by atoms with Crippen LogP contribution >= 0.6 is 11.6 Å². The van der Waals surface area contributed by atoms with Crippen molar-refractivity contribution in [2.24, 2.45) is 0 Å². The number of aromatic hydroxyl groups is 1. The second-order valence-corrected chi connectivity index (χ2v) is 4.29. The Labute approximate surface area is 93.1 Å². The molecule has 0 bridgehead atoms. The highest BCUT2D eigenvalue weighted by Gasteiger charge is 2.16. The molecule has 1 aliphatic heterocycles. The molecule has 0 aromatic heterocycles. The van der Waals surface area contributed by atoms with Crippen molar-refractivity contribution in [3.63, 3.8) is 0 Å². The Morgan fingerprint density at radius 2 is 2.33 bits per heavy atom. The van der Waals surface area contributed by atoms with E-state index in [1.807, 2.05) is 0 Å². The number of halogens is 2. The van der Waals surface area contributed by atoms with Gasteiger partial charge in [-0.25, -0.2) is 4.39 Å². The van der Waals surface area contributed by atoms with E-state index in [2.05, 4.69) is 5.32 Å². The third-order valence-electron chi connectivity index (χ3n) is 2.71. The summed E-state index contributed by atoms with van der Waals surface area (Å²) in [4.78, 5) is 0. The van der Waals surface area contributed by atoms with Crippen molar-refractivity contribution in [2.45, 2.75) is 25.3 Å². The first kappa shape index (κ1) is 10.7. The maximum atomic E-state index is 13.2. The molecule has 15 heavy (non-hydrogen) atoms. The van der Waals surface area contributed by atoms with E-state index in [4.69, 9.17) is 11.6 Å². The predicted octanol–water partition coefficient (Wildman–Crippen LogP) is 2.48. The summed E-state index contributed by atoms with van der Waals surface area (Å²) in [6.45, 7) is 1.02. The molecule has 1 unspecified atom stereocenters. The van der Waals surface area contributed by atoms with Crippen LogP contribution < -0.4 is 5.32 Å². The van der Waals surface area contributed by atoms with E-state index in [1.54, 1.807) is 0 Å². The van der Waals surface area contributed by atoms with Crippen molar-refractivity contribution in [1.82, 2.24) is 5.32 Å². The SMILES string of the molecule is Oc1cc(CC2CCCN2)cc(F)c1Cl. The molecule has 0 amide bonds. The summed E-state index contributed by atoms with van der Waals surface area (Å²) in [6.07, 6.45) is 3.00. The molecule has 1 aliphatic rings. The Hall–Kier alpha value is -0.800. The van der Waals surface area contributed by atoms with Crippen LogP contribution in [-0.4, -0.2) is 17.7 Å². The summed E-state index contributed by atoms with van der Waals surface area (Å²) in [7, 11) is 0. The van der Waals surface area contributed by atoms with Gasteiger partial charge in [0.2, 0.25) is 0 Å². The molecule has 1 saturated heterocycles. The van der Waals surface area contributed by atoms with Crippen LogP contribution in [0.1, 0.15) is 18.4 Å². The van der Waals surface area contributed by atoms with Gasteiger partial charge in [-0.05, 0) is 43.5 Å². The molecule has 1 heterocycles. The van der Waals surface area contributed by atoms with Crippen LogP contribution in [0.5, 0.6) is 5.75 Å². The third-order valence-corrected chi connectivity index (χ3v) is 3.09. The van der Waals surface area contributed by atoms with Gasteiger partial charge in [0, 0.05) is 6.04 Å². The summed E-state index contributed by atoms with van der Waals surface area (Å²) in [5.74, 6) is -0.727. The minimum Gasteiger partial charge on any atom is -0.506 e. The standard InChI is InChI=1S/C11H13ClFNO/c12-11-9(13)5-7(6-10(11)15)4-8-2-1-3-14-8/h5-6,8,14-15H,1-4H2. The van der Waals surface area contributed by atoms with Crippen LogP contribution in [-0.2, 0) is 6.42 Å². The first-order valence-corrected chi connectivity index (χ1v) is 5.45. The second-order valence-electron chi connectivity index (χ2n) is 3.91. The molecule has 1 aromatic carbocycles. The summed E-state index contributed by atoms with van der Waals surface area (Å²) in [6, 6.07) is 3.32. The lowest BCUT2D eigenvalue weighted by Gasteiger charge is -2.10. The van der Waals surface area contributed by atoms with Crippen LogP contribution in [0.15, 0.2) is 12.1 Å². The monoisotopic (exact) mass is 229 g/mol. The van der Waals surface area contributed by atoms with Gasteiger partial charge in [0.25, 0.3) is 0 Å². The number of phenolic OH excluding ortho intramolecular Hbond substituents is 1. The van der Waals surface area contributed by atoms with E-state index in [0.29, 0.717) is 6.04 Å². The number of nitrogens with one attached hydrogen (secondary N) is 1. The molecular weight excluding hydrogens is 217 g/mol. The molecule has 0 spiro atoms. The van der Waals surface area contributed by atoms with Crippen LogP contribution in [0.25, 0.3) is 0 Å². The highest BCUT2D eigenvalue weighted by Crippen LogP contribution is 2.28. The van der Waals surface area contributed by atoms with Crippen LogP contribution in [0.4, 0.5) is 4.39 Å². The van der Waals surface area contributed by atoms with Gasteiger partial charge < -0.3 is 10.4 Å². The van der Waals surface area contributed by atoms with Gasteiger partial charge in [-0.15, -0.1) is 0 Å². The van der Waals surface area contributed by atoms with Gasteiger partial charge in [0.15, 0.2) is 0 Å². The summed E-state index contributed by atoms with van der Waals surface area (Å²) in [5, 5.41) is 12.5. The lowest BCUT2D eigenvalue weighted by Crippen LogP contribution is -2.23. The van der Waals surface area contributed by atoms with E-state index in [9.17, 15) is 9.50 Å². The van der Waals surface area contributed by atoms with E-state index >= 15 is 0 Å². The molecule has 0 radical (unpaired) electrons. The van der Waals surface area contributed by atoms with Gasteiger partial charge in [-0.2, -0.15) is 0 Å². The van der Waals surface area contributed by atoms with E-state index < -0.39 is 5.82 Å². The Morgan fingerprint density at radius 1 is 1.53 bits per heavy atom. The molecule has 2 rings (SSSR count). The van der Waals surface area contributed by atoms with Gasteiger partial charge >= 0.3 is 0 Å². The van der Waals surface area contributed by atoms with Gasteiger partial charge in [-0.3, -0.25) is 0 Å². The Bertz CT molecular complexity index is 341. The maximum absolute atomic E-state index is 13.2. The summed E-state index contributed by atoms with van der Waals surface area (Å²) >= 11 is 5.53. The molecule has 0 saturated carbocycles. The summed E-state index contributed by atoms with van der Waals surface area (Å²) in [5.41, 5.74) is 0.786. The average Bonchev–Trinajstić information content (AvgIpc) is 2.66. The lowest BCUT2D eigenvalue weighted by atomic mass is 10.0. The highest BCUT2D eigenvalue weighted by molar-refractivity contribution is 6.32. The zero-order valence-corrected chi connectivity index (χ0v) is 9.02. The zero-order chi connectivity index (χ0) is 10.8. The Kier molecular flexibility index (Phi) is 3.12. The first-order valence-electron chi connectivity index (χ1n) is 5.07. The minimum atomic E-state index is -0.551. The van der Waals surface area contributed by atoms with Gasteiger partial charge in [-0.1, -0.05) is 11.6 Å². The van der Waals surface area contributed by atoms with Crippen molar-refractivity contribution in [1.29, 1.82) is 0 Å². The molecule has 4 heteroatoms. The fraction of sp³-hybridized carbons (Fsp3) is 0.455. The topological polar surface area (TPSA) is 32.3 Å². The average molecular weight is 230 g/mol. The molecular formula is C11H13ClFNO. The Morgan fingerprint density at radius 3 is 2.93 bits per heavy atom. The van der Waals surface area contributed by atoms with Crippen molar-refractivity contribution < 1.29 is 9.50 Å². The maximum Gasteiger partial charge on any atom is 0.145 e. The third kappa shape index (κ3) is 2.41. The number of benzene rings is 1. The van der Waals surface area contributed by atoms with Gasteiger partial charge in [0.1, 0.15) is 16.6 Å². The first-order chi connectivity index (χ1) is 7.16. The molecule has 0 aliphatic carbocycles. The van der Waals surface area contributed by atoms with E-state index in [0.717, 1.165) is 31.4 Å². The van der Waals surface area contributed by atoms with E-state index in [-0.39, 0.29) is 10.8 Å². The summed E-state index contributed by atoms with van der Waals surface area (Å²) < 4.78 is 13.2. The molecule has 2 N–H and O–H groups in total. The van der Waals surface area contributed by atoms with Crippen LogP contribution in [0.2, 0.25) is 5.02 Å². The Balaban J connectivity index is 2.14. The smallest absolute Gasteiger partial charge is 0.145 e. The van der Waals surface area contributed by atoms with Crippen LogP contribution in [0.3, 0.4) is 0 Å². The van der Waals surface area contributed by atoms with Gasteiger partial charge in [0.05, 0.1) is 0 Å². The fourth-order valence-electron chi connectivity index (χ4n) is 1.96. The van der Waals surface area contributed by atoms with Crippen molar-refractivity contribution in [2.75, 3.05) is 6.54 Å². The molecule has 1 atom stereocenters. The zero-order valence-electron chi connectivity index (χ0n) is 8.26. The number of rotatable bonds is 2. The number of phenols is 1. The normalized spacial score (nSPS) is 20.8. The number of hydrogen-bond acceptors (Lipinski definition) is 2. The molecule has 1 fully saturated rings. The lowest BCUT2D eigenvalue weighted by molar-refractivity contribution is 0.467. The molecule has 1 aromatic rings. The minimum absolute atomic E-state index is 0.176. The number of hydrogen-bond donors (Lipinski definition) is 2. The van der Waals surface area contributed by atoms with E-state index in [1.165, 1.54) is 12.1 Å². The van der Waals surface area contributed by atoms with Crippen LogP contribution in [0, 0.1) is 5.82 Å². The molecule has 2 nitrogen and oxygen atoms in total. The quantitative estimate of drug-likeness (QED) is 0.817. The highest BCUT2D eigenvalue weighted by atomic mass is 35.5. The largest absolute Gasteiger partial charge is 0.506 e. The molecule has 82 valence electrons. The van der Waals surface area contributed by atoms with Crippen molar-refractivity contribution >= 4 is 11.6 Å².